The Balaban J connectivity index is 2.25. The molecular formula is C21H19ClF3N3O3. The lowest BCUT2D eigenvalue weighted by Crippen LogP contribution is -2.26. The molecule has 164 valence electrons. The van der Waals surface area contributed by atoms with Crippen LogP contribution in [0.2, 0.25) is 5.02 Å². The molecule has 0 bridgehead atoms. The first-order valence-corrected chi connectivity index (χ1v) is 9.29. The molecule has 0 fully saturated rings. The largest absolute Gasteiger partial charge is 0.416 e. The summed E-state index contributed by atoms with van der Waals surface area (Å²) in [6, 6.07) is 7.12. The van der Waals surface area contributed by atoms with Gasteiger partial charge in [0.15, 0.2) is 6.29 Å². The second kappa shape index (κ2) is 10.1. The maximum atomic E-state index is 12.7. The molecule has 0 aromatic heterocycles. The number of amides is 2. The Hall–Kier alpha value is -3.33. The van der Waals surface area contributed by atoms with Crippen LogP contribution in [-0.4, -0.2) is 36.6 Å². The minimum Gasteiger partial charge on any atom is -0.371 e. The Morgan fingerprint density at radius 1 is 1.16 bits per heavy atom. The van der Waals surface area contributed by atoms with Crippen molar-refractivity contribution in [2.75, 3.05) is 18.9 Å². The fraction of sp³-hybridized carbons (Fsp3) is 0.190. The molecule has 3 N–H and O–H groups in total. The van der Waals surface area contributed by atoms with Crippen molar-refractivity contribution in [2.45, 2.75) is 12.6 Å². The van der Waals surface area contributed by atoms with Crippen LogP contribution < -0.4 is 11.1 Å². The number of carbonyl (C=O) groups excluding carboxylic acids is 3. The minimum atomic E-state index is -4.47. The van der Waals surface area contributed by atoms with E-state index in [1.807, 2.05) is 0 Å². The molecule has 0 radical (unpaired) electrons. The minimum absolute atomic E-state index is 0.0664. The number of hydrogen-bond acceptors (Lipinski definition) is 4. The molecule has 0 heterocycles. The first-order valence-electron chi connectivity index (χ1n) is 8.91. The van der Waals surface area contributed by atoms with Gasteiger partial charge in [-0.15, -0.1) is 0 Å². The smallest absolute Gasteiger partial charge is 0.371 e. The van der Waals surface area contributed by atoms with E-state index < -0.39 is 23.6 Å². The Kier molecular flexibility index (Phi) is 7.82. The van der Waals surface area contributed by atoms with Gasteiger partial charge in [-0.1, -0.05) is 23.7 Å². The molecule has 0 unspecified atom stereocenters. The van der Waals surface area contributed by atoms with Gasteiger partial charge in [-0.05, 0) is 42.1 Å². The van der Waals surface area contributed by atoms with Crippen LogP contribution in [0.4, 0.5) is 18.9 Å². The van der Waals surface area contributed by atoms with Gasteiger partial charge in [-0.2, -0.15) is 13.2 Å². The van der Waals surface area contributed by atoms with Gasteiger partial charge in [0, 0.05) is 18.2 Å². The molecule has 2 aromatic rings. The average molecular weight is 454 g/mol. The highest BCUT2D eigenvalue weighted by atomic mass is 35.5. The van der Waals surface area contributed by atoms with Crippen molar-refractivity contribution in [3.8, 4) is 0 Å². The summed E-state index contributed by atoms with van der Waals surface area (Å²) in [5, 5.41) is 2.75. The van der Waals surface area contributed by atoms with Crippen LogP contribution in [-0.2, 0) is 22.2 Å². The number of alkyl halides is 3. The first-order chi connectivity index (χ1) is 14.5. The molecule has 0 aliphatic rings. The number of hydrogen-bond donors (Lipinski definition) is 2. The monoisotopic (exact) mass is 453 g/mol. The molecule has 0 aliphatic heterocycles. The highest BCUT2D eigenvalue weighted by molar-refractivity contribution is 6.34. The average Bonchev–Trinajstić information content (AvgIpc) is 2.67. The third kappa shape index (κ3) is 6.85. The SMILES string of the molecule is CN(/C=C\c1c(C=O)ccc(Cl)c1NC(=O)Cc1ccc(C(F)(F)F)cc1)CC(N)=O. The van der Waals surface area contributed by atoms with Gasteiger partial charge in [0.25, 0.3) is 0 Å². The zero-order chi connectivity index (χ0) is 23.2. The fourth-order valence-corrected chi connectivity index (χ4v) is 2.91. The molecule has 2 amide bonds. The first kappa shape index (κ1) is 23.9. The number of aldehydes is 1. The number of benzene rings is 2. The number of halogens is 4. The van der Waals surface area contributed by atoms with Gasteiger partial charge in [-0.3, -0.25) is 14.4 Å². The molecule has 0 saturated carbocycles. The Morgan fingerprint density at radius 2 is 1.81 bits per heavy atom. The van der Waals surface area contributed by atoms with E-state index in [4.69, 9.17) is 17.3 Å². The van der Waals surface area contributed by atoms with Crippen molar-refractivity contribution in [2.24, 2.45) is 5.73 Å². The number of anilines is 1. The number of primary amides is 1. The quantitative estimate of drug-likeness (QED) is 0.595. The highest BCUT2D eigenvalue weighted by Crippen LogP contribution is 2.31. The third-order valence-corrected chi connectivity index (χ3v) is 4.48. The molecule has 31 heavy (non-hydrogen) atoms. The summed E-state index contributed by atoms with van der Waals surface area (Å²) < 4.78 is 38.0. The van der Waals surface area contributed by atoms with E-state index in [1.165, 1.54) is 41.4 Å². The predicted molar refractivity (Wildman–Crippen MR) is 111 cm³/mol. The van der Waals surface area contributed by atoms with Crippen LogP contribution in [0.25, 0.3) is 6.08 Å². The maximum absolute atomic E-state index is 12.7. The Morgan fingerprint density at radius 3 is 2.35 bits per heavy atom. The summed E-state index contributed by atoms with van der Waals surface area (Å²) in [5.74, 6) is -1.09. The lowest BCUT2D eigenvalue weighted by atomic mass is 10.0. The van der Waals surface area contributed by atoms with E-state index in [2.05, 4.69) is 5.32 Å². The number of likely N-dealkylation sites (N-methyl/N-ethyl adjacent to an activating group) is 1. The summed E-state index contributed by atoms with van der Waals surface area (Å²) in [4.78, 5) is 36.4. The Labute approximate surface area is 181 Å². The van der Waals surface area contributed by atoms with Crippen LogP contribution in [0.1, 0.15) is 27.0 Å². The maximum Gasteiger partial charge on any atom is 0.416 e. The number of nitrogens with zero attached hydrogens (tertiary/aromatic N) is 1. The summed E-state index contributed by atoms with van der Waals surface area (Å²) in [6.07, 6.45) is -1.10. The number of carbonyl (C=O) groups is 3. The van der Waals surface area contributed by atoms with Gasteiger partial charge in [-0.25, -0.2) is 0 Å². The predicted octanol–water partition coefficient (Wildman–Crippen LogP) is 3.74. The zero-order valence-corrected chi connectivity index (χ0v) is 17.1. The van der Waals surface area contributed by atoms with Gasteiger partial charge < -0.3 is 16.0 Å². The molecule has 2 aromatic carbocycles. The van der Waals surface area contributed by atoms with Crippen LogP contribution in [0.15, 0.2) is 42.6 Å². The zero-order valence-electron chi connectivity index (χ0n) is 16.4. The number of rotatable bonds is 8. The van der Waals surface area contributed by atoms with Crippen molar-refractivity contribution in [1.29, 1.82) is 0 Å². The lowest BCUT2D eigenvalue weighted by molar-refractivity contribution is -0.137. The van der Waals surface area contributed by atoms with Crippen molar-refractivity contribution < 1.29 is 27.6 Å². The second-order valence-corrected chi connectivity index (χ2v) is 7.07. The van der Waals surface area contributed by atoms with Gasteiger partial charge >= 0.3 is 6.18 Å². The molecule has 0 aliphatic carbocycles. The van der Waals surface area contributed by atoms with Gasteiger partial charge in [0.1, 0.15) is 0 Å². The summed E-state index contributed by atoms with van der Waals surface area (Å²) >= 11 is 6.20. The van der Waals surface area contributed by atoms with Gasteiger partial charge in [0.05, 0.1) is 29.2 Å². The molecule has 0 spiro atoms. The number of nitrogens with one attached hydrogen (secondary N) is 1. The summed E-state index contributed by atoms with van der Waals surface area (Å²) in [5.41, 5.74) is 5.39. The van der Waals surface area contributed by atoms with Crippen LogP contribution in [0.3, 0.4) is 0 Å². The standard InChI is InChI=1S/C21H19ClF3N3O3/c1-28(11-18(26)30)9-8-16-14(12-29)4-7-17(22)20(16)27-19(31)10-13-2-5-15(6-3-13)21(23,24)25/h2-9,12H,10-11H2,1H3,(H2,26,30)(H,27,31)/b9-8-. The molecule has 0 saturated heterocycles. The van der Waals surface area contributed by atoms with Gasteiger partial charge in [0.2, 0.25) is 11.8 Å². The summed E-state index contributed by atoms with van der Waals surface area (Å²) in [6.45, 7) is -0.0664. The van der Waals surface area contributed by atoms with Crippen molar-refractivity contribution in [1.82, 2.24) is 4.90 Å². The highest BCUT2D eigenvalue weighted by Gasteiger charge is 2.30. The van der Waals surface area contributed by atoms with Crippen LogP contribution >= 0.6 is 11.6 Å². The number of nitrogens with two attached hydrogens (primary N) is 1. The van der Waals surface area contributed by atoms with E-state index in [0.717, 1.165) is 12.1 Å². The van der Waals surface area contributed by atoms with E-state index in [1.54, 1.807) is 7.05 Å². The van der Waals surface area contributed by atoms with Crippen molar-refractivity contribution >= 4 is 41.5 Å². The summed E-state index contributed by atoms with van der Waals surface area (Å²) in [7, 11) is 1.59. The normalized spacial score (nSPS) is 11.4. The van der Waals surface area contributed by atoms with Crippen LogP contribution in [0, 0.1) is 0 Å². The molecule has 2 rings (SSSR count). The topological polar surface area (TPSA) is 92.5 Å². The fourth-order valence-electron chi connectivity index (χ4n) is 2.70. The van der Waals surface area contributed by atoms with E-state index in [9.17, 15) is 27.6 Å². The van der Waals surface area contributed by atoms with E-state index >= 15 is 0 Å². The Bertz CT molecular complexity index is 1010. The molecule has 10 heteroatoms. The third-order valence-electron chi connectivity index (χ3n) is 4.17. The van der Waals surface area contributed by atoms with Crippen molar-refractivity contribution in [3.63, 3.8) is 0 Å². The molecule has 0 atom stereocenters. The van der Waals surface area contributed by atoms with E-state index in [0.29, 0.717) is 17.4 Å². The second-order valence-electron chi connectivity index (χ2n) is 6.66. The lowest BCUT2D eigenvalue weighted by Gasteiger charge is -2.15. The molecular weight excluding hydrogens is 435 g/mol. The van der Waals surface area contributed by atoms with E-state index in [-0.39, 0.29) is 29.2 Å². The van der Waals surface area contributed by atoms with Crippen LogP contribution in [0.5, 0.6) is 0 Å². The molecule has 6 nitrogen and oxygen atoms in total. The van der Waals surface area contributed by atoms with Crippen molar-refractivity contribution in [3.05, 3.63) is 69.9 Å².